The molecule has 0 radical (unpaired) electrons. The average Bonchev–Trinajstić information content (AvgIpc) is 2.96. The van der Waals surface area contributed by atoms with Crippen LogP contribution < -0.4 is 20.5 Å². The van der Waals surface area contributed by atoms with Crippen LogP contribution in [0.5, 0.6) is 11.5 Å². The van der Waals surface area contributed by atoms with Gasteiger partial charge < -0.3 is 20.5 Å². The van der Waals surface area contributed by atoms with Crippen LogP contribution >= 0.6 is 0 Å². The molecule has 0 aliphatic carbocycles. The monoisotopic (exact) mass is 522 g/mol. The molecule has 0 saturated carbocycles. The molecule has 1 amide bonds. The Bertz CT molecular complexity index is 1610. The number of aromatic nitrogens is 2. The molecule has 8 heteroatoms. The summed E-state index contributed by atoms with van der Waals surface area (Å²) in [6.07, 6.45) is 1.50. The van der Waals surface area contributed by atoms with Crippen molar-refractivity contribution in [2.45, 2.75) is 19.1 Å². The van der Waals surface area contributed by atoms with E-state index in [4.69, 9.17) is 15.2 Å². The Morgan fingerprint density at radius 1 is 0.949 bits per heavy atom. The number of nitrogens with zero attached hydrogens (tertiary/aromatic N) is 2. The van der Waals surface area contributed by atoms with Gasteiger partial charge in [-0.15, -0.1) is 0 Å². The van der Waals surface area contributed by atoms with Crippen LogP contribution in [0.25, 0.3) is 22.2 Å². The molecular formula is C31H27FN4O3. The molecule has 1 aromatic heterocycles. The lowest BCUT2D eigenvalue weighted by atomic mass is 9.92. The number of methoxy groups -OCH3 is 1. The Morgan fingerprint density at radius 2 is 1.67 bits per heavy atom. The van der Waals surface area contributed by atoms with E-state index in [1.807, 2.05) is 54.6 Å². The third-order valence-electron chi connectivity index (χ3n) is 6.49. The first-order valence-electron chi connectivity index (χ1n) is 12.3. The number of halogens is 1. The number of anilines is 1. The highest BCUT2D eigenvalue weighted by molar-refractivity contribution is 5.99. The fourth-order valence-electron chi connectivity index (χ4n) is 4.20. The van der Waals surface area contributed by atoms with Crippen LogP contribution in [0.15, 0.2) is 97.3 Å². The zero-order chi connectivity index (χ0) is 27.4. The topological polar surface area (TPSA) is 99.4 Å². The Hall–Kier alpha value is -4.82. The Labute approximate surface area is 225 Å². The molecule has 5 rings (SSSR count). The quantitative estimate of drug-likeness (QED) is 0.266. The number of rotatable bonds is 8. The number of hydrogen-bond acceptors (Lipinski definition) is 6. The van der Waals surface area contributed by atoms with Crippen LogP contribution in [0, 0.1) is 5.82 Å². The first-order chi connectivity index (χ1) is 18.8. The van der Waals surface area contributed by atoms with E-state index >= 15 is 0 Å². The Morgan fingerprint density at radius 3 is 2.36 bits per heavy atom. The van der Waals surface area contributed by atoms with Crippen molar-refractivity contribution in [1.82, 2.24) is 9.97 Å². The SMILES string of the molecule is COc1cc2c(-c3ccc(NC(=O)C(C)(N)c4ccc(F)cc4)cc3)ncnc2cc1OCc1ccccc1. The van der Waals surface area contributed by atoms with Gasteiger partial charge in [-0.3, -0.25) is 4.79 Å². The van der Waals surface area contributed by atoms with Gasteiger partial charge in [-0.05, 0) is 48.4 Å². The van der Waals surface area contributed by atoms with E-state index < -0.39 is 17.3 Å². The van der Waals surface area contributed by atoms with Crippen LogP contribution in [-0.4, -0.2) is 23.0 Å². The van der Waals surface area contributed by atoms with E-state index in [2.05, 4.69) is 15.3 Å². The molecule has 1 atom stereocenters. The van der Waals surface area contributed by atoms with Gasteiger partial charge in [-0.1, -0.05) is 54.6 Å². The summed E-state index contributed by atoms with van der Waals surface area (Å²) in [6, 6.07) is 26.4. The second kappa shape index (κ2) is 10.9. The van der Waals surface area contributed by atoms with Gasteiger partial charge in [-0.25, -0.2) is 14.4 Å². The van der Waals surface area contributed by atoms with E-state index in [0.29, 0.717) is 40.6 Å². The molecule has 0 bridgehead atoms. The van der Waals surface area contributed by atoms with E-state index in [1.165, 1.54) is 30.6 Å². The van der Waals surface area contributed by atoms with Crippen LogP contribution in [0.4, 0.5) is 10.1 Å². The van der Waals surface area contributed by atoms with Crippen LogP contribution in [0.2, 0.25) is 0 Å². The average molecular weight is 523 g/mol. The van der Waals surface area contributed by atoms with Gasteiger partial charge in [0.2, 0.25) is 5.91 Å². The fraction of sp³-hybridized carbons (Fsp3) is 0.129. The maximum atomic E-state index is 13.3. The number of nitrogens with one attached hydrogen (secondary N) is 1. The summed E-state index contributed by atoms with van der Waals surface area (Å²) in [4.78, 5) is 21.9. The van der Waals surface area contributed by atoms with E-state index in [-0.39, 0.29) is 0 Å². The van der Waals surface area contributed by atoms with Gasteiger partial charge in [-0.2, -0.15) is 0 Å². The van der Waals surface area contributed by atoms with Crippen LogP contribution in [0.3, 0.4) is 0 Å². The molecule has 0 aliphatic rings. The smallest absolute Gasteiger partial charge is 0.248 e. The van der Waals surface area contributed by atoms with Crippen molar-refractivity contribution >= 4 is 22.5 Å². The highest BCUT2D eigenvalue weighted by atomic mass is 19.1. The van der Waals surface area contributed by atoms with Crippen molar-refractivity contribution < 1.29 is 18.7 Å². The van der Waals surface area contributed by atoms with Gasteiger partial charge in [0, 0.05) is 22.7 Å². The summed E-state index contributed by atoms with van der Waals surface area (Å²) in [6.45, 7) is 1.99. The number of nitrogens with two attached hydrogens (primary N) is 1. The minimum atomic E-state index is -1.34. The van der Waals surface area contributed by atoms with E-state index in [0.717, 1.165) is 16.5 Å². The summed E-state index contributed by atoms with van der Waals surface area (Å²) in [7, 11) is 1.59. The van der Waals surface area contributed by atoms with Crippen molar-refractivity contribution in [3.05, 3.63) is 114 Å². The first kappa shape index (κ1) is 25.8. The molecule has 1 heterocycles. The molecular weight excluding hydrogens is 495 g/mol. The number of hydrogen-bond donors (Lipinski definition) is 2. The largest absolute Gasteiger partial charge is 0.493 e. The minimum Gasteiger partial charge on any atom is -0.493 e. The van der Waals surface area contributed by atoms with Crippen LogP contribution in [0.1, 0.15) is 18.1 Å². The van der Waals surface area contributed by atoms with Crippen molar-refractivity contribution in [3.8, 4) is 22.8 Å². The molecule has 0 saturated heterocycles. The standard InChI is InChI=1S/C31H27FN4O3/c1-31(33,22-10-12-23(32)13-11-22)30(37)36-24-14-8-21(9-15-24)29-25-16-27(38-2)28(17-26(25)34-19-35-29)39-18-20-6-4-3-5-7-20/h3-17,19H,18,33H2,1-2H3,(H,36,37). The zero-order valence-corrected chi connectivity index (χ0v) is 21.5. The Kier molecular flexibility index (Phi) is 7.21. The van der Waals surface area contributed by atoms with Gasteiger partial charge in [0.05, 0.1) is 18.3 Å². The highest BCUT2D eigenvalue weighted by Gasteiger charge is 2.30. The summed E-state index contributed by atoms with van der Waals surface area (Å²) in [5.74, 6) is 0.349. The molecule has 1 unspecified atom stereocenters. The minimum absolute atomic E-state index is 0.392. The predicted octanol–water partition coefficient (Wildman–Crippen LogP) is 5.84. The third kappa shape index (κ3) is 5.56. The maximum absolute atomic E-state index is 13.3. The van der Waals surface area contributed by atoms with Gasteiger partial charge in [0.1, 0.15) is 24.3 Å². The van der Waals surface area contributed by atoms with Gasteiger partial charge in [0.25, 0.3) is 0 Å². The summed E-state index contributed by atoms with van der Waals surface area (Å²) in [5, 5.41) is 3.63. The maximum Gasteiger partial charge on any atom is 0.248 e. The van der Waals surface area contributed by atoms with E-state index in [9.17, 15) is 9.18 Å². The molecule has 0 spiro atoms. The molecule has 0 fully saturated rings. The lowest BCUT2D eigenvalue weighted by Crippen LogP contribution is -2.45. The molecule has 3 N–H and O–H groups in total. The zero-order valence-electron chi connectivity index (χ0n) is 21.5. The summed E-state index contributed by atoms with van der Waals surface area (Å²) in [5.41, 5.74) is 9.30. The normalized spacial score (nSPS) is 12.5. The van der Waals surface area contributed by atoms with Crippen LogP contribution in [-0.2, 0) is 16.9 Å². The molecule has 4 aromatic carbocycles. The lowest BCUT2D eigenvalue weighted by Gasteiger charge is -2.24. The molecule has 7 nitrogen and oxygen atoms in total. The van der Waals surface area contributed by atoms with Crippen molar-refractivity contribution in [2.24, 2.45) is 5.73 Å². The summed E-state index contributed by atoms with van der Waals surface area (Å²) < 4.78 is 24.9. The number of ether oxygens (including phenoxy) is 2. The number of carbonyl (C=O) groups excluding carboxylic acids is 1. The Balaban J connectivity index is 1.37. The highest BCUT2D eigenvalue weighted by Crippen LogP contribution is 2.36. The lowest BCUT2D eigenvalue weighted by molar-refractivity contribution is -0.120. The molecule has 196 valence electrons. The molecule has 39 heavy (non-hydrogen) atoms. The van der Waals surface area contributed by atoms with Crippen molar-refractivity contribution in [1.29, 1.82) is 0 Å². The second-order valence-corrected chi connectivity index (χ2v) is 9.26. The molecule has 5 aromatic rings. The molecule has 0 aliphatic heterocycles. The van der Waals surface area contributed by atoms with E-state index in [1.54, 1.807) is 26.2 Å². The van der Waals surface area contributed by atoms with Gasteiger partial charge in [0.15, 0.2) is 11.5 Å². The van der Waals surface area contributed by atoms with Crippen molar-refractivity contribution in [2.75, 3.05) is 12.4 Å². The number of benzene rings is 4. The number of fused-ring (bicyclic) bond motifs is 1. The summed E-state index contributed by atoms with van der Waals surface area (Å²) >= 11 is 0. The predicted molar refractivity (Wildman–Crippen MR) is 149 cm³/mol. The second-order valence-electron chi connectivity index (χ2n) is 9.26. The number of amides is 1. The number of carbonyl (C=O) groups is 1. The fourth-order valence-corrected chi connectivity index (χ4v) is 4.20. The third-order valence-corrected chi connectivity index (χ3v) is 6.49. The van der Waals surface area contributed by atoms with Gasteiger partial charge >= 0.3 is 0 Å². The first-order valence-corrected chi connectivity index (χ1v) is 12.3. The van der Waals surface area contributed by atoms with Crippen molar-refractivity contribution in [3.63, 3.8) is 0 Å².